The van der Waals surface area contributed by atoms with Gasteiger partial charge in [-0.25, -0.2) is 4.39 Å². The van der Waals surface area contributed by atoms with Crippen LogP contribution in [0.1, 0.15) is 52.4 Å². The average molecular weight is 699 g/mol. The Morgan fingerprint density at radius 2 is 1.80 bits per heavy atom. The molecular formula is C38H40ClFN6O4. The third-order valence-corrected chi connectivity index (χ3v) is 12.2. The maximum Gasteiger partial charge on any atom is 0.319 e. The van der Waals surface area contributed by atoms with E-state index in [1.165, 1.54) is 0 Å². The van der Waals surface area contributed by atoms with Gasteiger partial charge in [-0.3, -0.25) is 19.5 Å². The van der Waals surface area contributed by atoms with Crippen LogP contribution in [-0.2, 0) is 14.3 Å². The van der Waals surface area contributed by atoms with E-state index in [1.807, 2.05) is 49.1 Å². The van der Waals surface area contributed by atoms with Crippen LogP contribution < -0.4 is 9.64 Å². The zero-order chi connectivity index (χ0) is 34.3. The van der Waals surface area contributed by atoms with Crippen molar-refractivity contribution in [3.05, 3.63) is 53.4 Å². The average Bonchev–Trinajstić information content (AvgIpc) is 3.76. The molecule has 0 aliphatic carbocycles. The van der Waals surface area contributed by atoms with Crippen LogP contribution in [0.25, 0.3) is 32.9 Å². The molecule has 5 saturated heterocycles. The Bertz CT molecular complexity index is 2010. The predicted molar refractivity (Wildman–Crippen MR) is 188 cm³/mol. The molecule has 2 bridgehead atoms. The Morgan fingerprint density at radius 3 is 2.50 bits per heavy atom. The minimum Gasteiger partial charge on any atom is -0.461 e. The minimum atomic E-state index is -0.735. The van der Waals surface area contributed by atoms with E-state index < -0.39 is 17.8 Å². The van der Waals surface area contributed by atoms with E-state index in [-0.39, 0.29) is 52.6 Å². The van der Waals surface area contributed by atoms with Gasteiger partial charge in [-0.05, 0) is 69.0 Å². The van der Waals surface area contributed by atoms with Crippen molar-refractivity contribution in [2.24, 2.45) is 11.8 Å². The molecule has 9 rings (SSSR count). The summed E-state index contributed by atoms with van der Waals surface area (Å²) in [6.45, 7) is 7.47. The molecule has 260 valence electrons. The third-order valence-electron chi connectivity index (χ3n) is 11.9. The lowest BCUT2D eigenvalue weighted by molar-refractivity contribution is -0.197. The number of piperazine rings is 1. The first-order valence-corrected chi connectivity index (χ1v) is 18.3. The number of amides is 1. The fourth-order valence-electron chi connectivity index (χ4n) is 9.40. The highest BCUT2D eigenvalue weighted by Crippen LogP contribution is 2.42. The van der Waals surface area contributed by atoms with E-state index in [1.54, 1.807) is 12.3 Å². The molecule has 5 fully saturated rings. The number of anilines is 1. The van der Waals surface area contributed by atoms with Gasteiger partial charge >= 0.3 is 12.0 Å². The molecule has 5 aliphatic heterocycles. The summed E-state index contributed by atoms with van der Waals surface area (Å²) in [6.07, 6.45) is 6.95. The van der Waals surface area contributed by atoms with Crippen LogP contribution in [0.15, 0.2) is 42.6 Å². The van der Waals surface area contributed by atoms with E-state index in [0.29, 0.717) is 41.5 Å². The highest BCUT2D eigenvalue weighted by atomic mass is 35.5. The molecule has 2 aromatic carbocycles. The van der Waals surface area contributed by atoms with Crippen molar-refractivity contribution >= 4 is 51.0 Å². The predicted octanol–water partition coefficient (Wildman–Crippen LogP) is 6.02. The Balaban J connectivity index is 1.09. The number of rotatable bonds is 7. The molecule has 0 unspecified atom stereocenters. The third kappa shape index (κ3) is 4.94. The number of pyridine rings is 1. The topological polar surface area (TPSA) is 101 Å². The van der Waals surface area contributed by atoms with Crippen molar-refractivity contribution in [3.8, 4) is 17.3 Å². The molecule has 0 saturated carbocycles. The molecule has 0 N–H and O–H groups in total. The molecule has 1 amide bonds. The van der Waals surface area contributed by atoms with E-state index in [9.17, 15) is 9.59 Å². The maximum atomic E-state index is 16.9. The molecule has 7 heterocycles. The molecule has 0 spiro atoms. The standard InChI is InChI=1S/C38H40ClFN6O4/c1-21(2)28-33(50-36(28)48)35(47)46-23-11-12-24(46)19-44(18-23)34-26-17-41-31(25-9-3-7-22-8-4-10-27(39)29(22)25)30(40)32(26)42-37(43-34)49-20-38-13-5-15-45(38)16-6-14-38/h3-4,7-10,17,21,23-24,28,33H,5-6,11-16,18-20H2,1-2H3/t23-,24+,28-,33-/m1/s1. The van der Waals surface area contributed by atoms with Crippen LogP contribution in [0.4, 0.5) is 10.2 Å². The first-order valence-electron chi connectivity index (χ1n) is 17.9. The number of carbonyl (C=O) groups excluding carboxylic acids is 2. The number of benzene rings is 2. The number of halogens is 2. The van der Waals surface area contributed by atoms with Gasteiger partial charge in [0, 0.05) is 47.3 Å². The van der Waals surface area contributed by atoms with Crippen molar-refractivity contribution in [2.75, 3.05) is 37.7 Å². The summed E-state index contributed by atoms with van der Waals surface area (Å²) in [7, 11) is 0. The summed E-state index contributed by atoms with van der Waals surface area (Å²) in [6, 6.07) is 11.2. The van der Waals surface area contributed by atoms with Gasteiger partial charge in [0.05, 0.1) is 10.9 Å². The van der Waals surface area contributed by atoms with Gasteiger partial charge in [-0.2, -0.15) is 9.97 Å². The van der Waals surface area contributed by atoms with Crippen molar-refractivity contribution in [1.82, 2.24) is 24.8 Å². The summed E-state index contributed by atoms with van der Waals surface area (Å²) in [4.78, 5) is 46.9. The first-order chi connectivity index (χ1) is 24.2. The van der Waals surface area contributed by atoms with Crippen molar-refractivity contribution in [2.45, 2.75) is 76.1 Å². The highest BCUT2D eigenvalue weighted by molar-refractivity contribution is 6.36. The monoisotopic (exact) mass is 698 g/mol. The van der Waals surface area contributed by atoms with Gasteiger partial charge in [-0.15, -0.1) is 0 Å². The molecular weight excluding hydrogens is 659 g/mol. The smallest absolute Gasteiger partial charge is 0.319 e. The summed E-state index contributed by atoms with van der Waals surface area (Å²) < 4.78 is 28.8. The SMILES string of the molecule is CC(C)[C@H]1C(=O)O[C@H]1C(=O)N1[C@@H]2CC[C@H]1CN(c1nc(OCC34CCCN3CCC4)nc3c(F)c(-c4cccc5cccc(Cl)c45)ncc13)C2. The summed E-state index contributed by atoms with van der Waals surface area (Å²) in [5.41, 5.74) is 0.846. The van der Waals surface area contributed by atoms with Crippen molar-refractivity contribution in [3.63, 3.8) is 0 Å². The van der Waals surface area contributed by atoms with E-state index in [4.69, 9.17) is 31.0 Å². The lowest BCUT2D eigenvalue weighted by Crippen LogP contribution is -2.63. The van der Waals surface area contributed by atoms with Crippen molar-refractivity contribution < 1.29 is 23.5 Å². The fraction of sp³-hybridized carbons (Fsp3) is 0.500. The van der Waals surface area contributed by atoms with Gasteiger partial charge in [0.15, 0.2) is 11.9 Å². The zero-order valence-electron chi connectivity index (χ0n) is 28.3. The van der Waals surface area contributed by atoms with Crippen LogP contribution in [-0.4, -0.2) is 93.1 Å². The summed E-state index contributed by atoms with van der Waals surface area (Å²) in [5, 5.41) is 2.62. The normalized spacial score (nSPS) is 25.7. The summed E-state index contributed by atoms with van der Waals surface area (Å²) in [5.74, 6) is -0.831. The van der Waals surface area contributed by atoms with E-state index in [2.05, 4.69) is 14.8 Å². The van der Waals surface area contributed by atoms with Crippen LogP contribution in [0.2, 0.25) is 5.02 Å². The van der Waals surface area contributed by atoms with E-state index in [0.717, 1.165) is 62.4 Å². The van der Waals surface area contributed by atoms with Gasteiger partial charge in [0.1, 0.15) is 29.6 Å². The Morgan fingerprint density at radius 1 is 1.08 bits per heavy atom. The number of cyclic esters (lactones) is 1. The largest absolute Gasteiger partial charge is 0.461 e. The number of ether oxygens (including phenoxy) is 2. The fourth-order valence-corrected chi connectivity index (χ4v) is 9.69. The van der Waals surface area contributed by atoms with Crippen LogP contribution in [0, 0.1) is 17.7 Å². The van der Waals surface area contributed by atoms with Gasteiger partial charge < -0.3 is 19.3 Å². The Kier molecular flexibility index (Phi) is 7.65. The van der Waals surface area contributed by atoms with Crippen molar-refractivity contribution in [1.29, 1.82) is 0 Å². The second-order valence-corrected chi connectivity index (χ2v) is 15.4. The van der Waals surface area contributed by atoms with E-state index >= 15 is 4.39 Å². The number of fused-ring (bicyclic) bond motifs is 5. The zero-order valence-corrected chi connectivity index (χ0v) is 29.0. The second kappa shape index (κ2) is 12.0. The molecule has 50 heavy (non-hydrogen) atoms. The number of hydrogen-bond donors (Lipinski definition) is 0. The van der Waals surface area contributed by atoms with Gasteiger partial charge in [0.25, 0.3) is 5.91 Å². The lowest BCUT2D eigenvalue weighted by atomic mass is 9.85. The van der Waals surface area contributed by atoms with Crippen LogP contribution in [0.5, 0.6) is 6.01 Å². The molecule has 12 heteroatoms. The number of hydrogen-bond acceptors (Lipinski definition) is 9. The maximum absolute atomic E-state index is 16.9. The second-order valence-electron chi connectivity index (χ2n) is 15.0. The Labute approximate surface area is 294 Å². The van der Waals surface area contributed by atoms with Crippen LogP contribution >= 0.6 is 11.6 Å². The minimum absolute atomic E-state index is 0.0206. The molecule has 4 aromatic rings. The molecule has 2 aromatic heterocycles. The number of esters is 1. The Hall–Kier alpha value is -4.09. The molecule has 10 nitrogen and oxygen atoms in total. The molecule has 0 radical (unpaired) electrons. The number of nitrogens with zero attached hydrogens (tertiary/aromatic N) is 6. The van der Waals surface area contributed by atoms with Gasteiger partial charge in [-0.1, -0.05) is 55.8 Å². The molecule has 4 atom stereocenters. The molecule has 5 aliphatic rings. The summed E-state index contributed by atoms with van der Waals surface area (Å²) >= 11 is 6.65. The number of aromatic nitrogens is 3. The van der Waals surface area contributed by atoms with Crippen LogP contribution in [0.3, 0.4) is 0 Å². The highest BCUT2D eigenvalue weighted by Gasteiger charge is 2.54. The van der Waals surface area contributed by atoms with Gasteiger partial charge in [0.2, 0.25) is 0 Å². The first kappa shape index (κ1) is 31.9. The quantitative estimate of drug-likeness (QED) is 0.215. The number of carbonyl (C=O) groups is 2. The lowest BCUT2D eigenvalue weighted by Gasteiger charge is -2.45.